The van der Waals surface area contributed by atoms with E-state index in [1.807, 2.05) is 6.92 Å². The minimum Gasteiger partial charge on any atom is -0.506 e. The van der Waals surface area contributed by atoms with Gasteiger partial charge in [0.1, 0.15) is 22.0 Å². The molecule has 1 aliphatic rings. The number of carbonyl (C=O) groups excluding carboxylic acids is 1. The fourth-order valence-corrected chi connectivity index (χ4v) is 3.00. The third kappa shape index (κ3) is 3.73. The number of carbonyl (C=O) groups is 1. The zero-order valence-corrected chi connectivity index (χ0v) is 14.2. The molecule has 1 aromatic carbocycles. The maximum atomic E-state index is 11.8. The third-order valence-electron chi connectivity index (χ3n) is 2.99. The van der Waals surface area contributed by atoms with Gasteiger partial charge in [0.25, 0.3) is 5.91 Å². The number of amides is 1. The molecule has 1 saturated heterocycles. The van der Waals surface area contributed by atoms with E-state index >= 15 is 0 Å². The normalized spacial score (nSPS) is 21.9. The Balaban J connectivity index is 2.03. The molecule has 0 spiro atoms. The van der Waals surface area contributed by atoms with Gasteiger partial charge in [0, 0.05) is 11.6 Å². The van der Waals surface area contributed by atoms with Gasteiger partial charge in [-0.05, 0) is 51.3 Å². The fourth-order valence-electron chi connectivity index (χ4n) is 1.85. The molecule has 0 aromatic heterocycles. The first-order valence-electron chi connectivity index (χ1n) is 6.14. The number of halogens is 2. The molecule has 2 unspecified atom stereocenters. The summed E-state index contributed by atoms with van der Waals surface area (Å²) in [5.41, 5.74) is 8.55. The van der Waals surface area contributed by atoms with Crippen LogP contribution in [0.1, 0.15) is 18.9 Å². The number of aromatic hydroxyl groups is 2. The predicted molar refractivity (Wildman–Crippen MR) is 85.0 cm³/mol. The number of phenols is 2. The van der Waals surface area contributed by atoms with Crippen LogP contribution in [0.5, 0.6) is 11.5 Å². The lowest BCUT2D eigenvalue weighted by atomic mass is 10.1. The average molecular weight is 422 g/mol. The number of benzene rings is 1. The standard InChI is InChI=1S/C12H14Br2N4O3/c1-5-2-8(17-16-5)12(21)18-15-4-6-3-7(13)11(20)9(14)10(6)19/h3-5,8,16-17,19-20H,2H2,1H3,(H,18,21)/b15-4+. The summed E-state index contributed by atoms with van der Waals surface area (Å²) < 4.78 is 0.551. The highest BCUT2D eigenvalue weighted by atomic mass is 79.9. The first-order valence-corrected chi connectivity index (χ1v) is 7.72. The molecule has 0 bridgehead atoms. The van der Waals surface area contributed by atoms with E-state index < -0.39 is 0 Å². The molecule has 0 radical (unpaired) electrons. The second kappa shape index (κ2) is 6.73. The molecule has 2 rings (SSSR count). The topological polar surface area (TPSA) is 106 Å². The summed E-state index contributed by atoms with van der Waals surface area (Å²) in [5, 5.41) is 23.3. The summed E-state index contributed by atoms with van der Waals surface area (Å²) in [6, 6.07) is 1.37. The number of hydrogen-bond acceptors (Lipinski definition) is 6. The van der Waals surface area contributed by atoms with Gasteiger partial charge in [-0.25, -0.2) is 10.9 Å². The lowest BCUT2D eigenvalue weighted by molar-refractivity contribution is -0.122. The molecule has 0 saturated carbocycles. The van der Waals surface area contributed by atoms with Crippen molar-refractivity contribution in [1.82, 2.24) is 16.3 Å². The number of rotatable bonds is 3. The Morgan fingerprint density at radius 3 is 2.76 bits per heavy atom. The Morgan fingerprint density at radius 1 is 1.43 bits per heavy atom. The molecule has 114 valence electrons. The second-order valence-corrected chi connectivity index (χ2v) is 6.32. The van der Waals surface area contributed by atoms with E-state index in [1.165, 1.54) is 12.3 Å². The molecule has 5 N–H and O–H groups in total. The van der Waals surface area contributed by atoms with Crippen LogP contribution in [0.15, 0.2) is 20.1 Å². The largest absolute Gasteiger partial charge is 0.506 e. The molecule has 1 aliphatic heterocycles. The van der Waals surface area contributed by atoms with Crippen LogP contribution in [0, 0.1) is 0 Å². The van der Waals surface area contributed by atoms with Crippen molar-refractivity contribution in [2.24, 2.45) is 5.10 Å². The van der Waals surface area contributed by atoms with E-state index in [-0.39, 0.29) is 34.0 Å². The minimum atomic E-state index is -0.343. The third-order valence-corrected chi connectivity index (χ3v) is 4.34. The van der Waals surface area contributed by atoms with Gasteiger partial charge in [-0.1, -0.05) is 0 Å². The molecule has 1 amide bonds. The first-order chi connectivity index (χ1) is 9.90. The monoisotopic (exact) mass is 420 g/mol. The van der Waals surface area contributed by atoms with Crippen molar-refractivity contribution < 1.29 is 15.0 Å². The van der Waals surface area contributed by atoms with Crippen LogP contribution >= 0.6 is 31.9 Å². The van der Waals surface area contributed by atoms with E-state index in [4.69, 9.17) is 0 Å². The highest BCUT2D eigenvalue weighted by Crippen LogP contribution is 2.40. The maximum Gasteiger partial charge on any atom is 0.258 e. The Bertz CT molecular complexity index is 594. The average Bonchev–Trinajstić information content (AvgIpc) is 2.88. The molecule has 21 heavy (non-hydrogen) atoms. The van der Waals surface area contributed by atoms with Crippen LogP contribution in [0.2, 0.25) is 0 Å². The van der Waals surface area contributed by atoms with Crippen LogP contribution < -0.4 is 16.3 Å². The van der Waals surface area contributed by atoms with Crippen LogP contribution in [0.25, 0.3) is 0 Å². The molecule has 1 heterocycles. The number of hydrazine groups is 1. The Kier molecular flexibility index (Phi) is 5.20. The predicted octanol–water partition coefficient (Wildman–Crippen LogP) is 1.33. The second-order valence-electron chi connectivity index (χ2n) is 4.67. The van der Waals surface area contributed by atoms with Gasteiger partial charge >= 0.3 is 0 Å². The highest BCUT2D eigenvalue weighted by molar-refractivity contribution is 9.11. The van der Waals surface area contributed by atoms with E-state index in [1.54, 1.807) is 0 Å². The number of nitrogens with zero attached hydrogens (tertiary/aromatic N) is 1. The molecule has 7 nitrogen and oxygen atoms in total. The van der Waals surface area contributed by atoms with E-state index in [0.717, 1.165) is 0 Å². The summed E-state index contributed by atoms with van der Waals surface area (Å²) in [5.74, 6) is -0.536. The van der Waals surface area contributed by atoms with E-state index in [2.05, 4.69) is 53.2 Å². The minimum absolute atomic E-state index is 0.107. The molecule has 2 atom stereocenters. The Labute approximate surface area is 138 Å². The van der Waals surface area contributed by atoms with Crippen molar-refractivity contribution in [2.75, 3.05) is 0 Å². The SMILES string of the molecule is CC1CC(C(=O)N/N=C/c2cc(Br)c(O)c(Br)c2O)NN1. The number of hydrazone groups is 1. The molecule has 1 aromatic rings. The van der Waals surface area contributed by atoms with Crippen molar-refractivity contribution in [1.29, 1.82) is 0 Å². The zero-order valence-electron chi connectivity index (χ0n) is 11.0. The first kappa shape index (κ1) is 16.2. The van der Waals surface area contributed by atoms with Crippen LogP contribution in [-0.2, 0) is 4.79 Å². The van der Waals surface area contributed by atoms with Crippen molar-refractivity contribution in [3.63, 3.8) is 0 Å². The highest BCUT2D eigenvalue weighted by Gasteiger charge is 2.26. The molecule has 1 fully saturated rings. The van der Waals surface area contributed by atoms with Gasteiger partial charge in [-0.15, -0.1) is 0 Å². The van der Waals surface area contributed by atoms with Crippen molar-refractivity contribution in [3.8, 4) is 11.5 Å². The lowest BCUT2D eigenvalue weighted by Crippen LogP contribution is -2.41. The number of nitrogens with one attached hydrogen (secondary N) is 3. The molecule has 0 aliphatic carbocycles. The van der Waals surface area contributed by atoms with E-state index in [9.17, 15) is 15.0 Å². The van der Waals surface area contributed by atoms with Gasteiger partial charge < -0.3 is 10.2 Å². The van der Waals surface area contributed by atoms with Gasteiger partial charge in [0.2, 0.25) is 0 Å². The van der Waals surface area contributed by atoms with Crippen molar-refractivity contribution >= 4 is 44.0 Å². The van der Waals surface area contributed by atoms with E-state index in [0.29, 0.717) is 16.5 Å². The van der Waals surface area contributed by atoms with Gasteiger partial charge in [0.15, 0.2) is 0 Å². The number of phenolic OH excluding ortho intramolecular Hbond substituents is 2. The van der Waals surface area contributed by atoms with Gasteiger partial charge in [-0.3, -0.25) is 10.2 Å². The lowest BCUT2D eigenvalue weighted by Gasteiger charge is -2.08. The molecular weight excluding hydrogens is 408 g/mol. The van der Waals surface area contributed by atoms with Crippen LogP contribution in [-0.4, -0.2) is 34.4 Å². The van der Waals surface area contributed by atoms with Gasteiger partial charge in [-0.2, -0.15) is 5.10 Å². The summed E-state index contributed by atoms with van der Waals surface area (Å²) in [6.07, 6.45) is 1.97. The summed E-state index contributed by atoms with van der Waals surface area (Å²) in [7, 11) is 0. The van der Waals surface area contributed by atoms with Crippen molar-refractivity contribution in [2.45, 2.75) is 25.4 Å². The van der Waals surface area contributed by atoms with Crippen LogP contribution in [0.3, 0.4) is 0 Å². The van der Waals surface area contributed by atoms with Crippen molar-refractivity contribution in [3.05, 3.63) is 20.6 Å². The Morgan fingerprint density at radius 2 is 2.14 bits per heavy atom. The summed E-state index contributed by atoms with van der Waals surface area (Å²) >= 11 is 6.22. The molecular formula is C12H14Br2N4O3. The molecule has 9 heteroatoms. The smallest absolute Gasteiger partial charge is 0.258 e. The van der Waals surface area contributed by atoms with Gasteiger partial charge in [0.05, 0.1) is 10.7 Å². The zero-order chi connectivity index (χ0) is 15.6. The number of hydrogen-bond donors (Lipinski definition) is 5. The summed E-state index contributed by atoms with van der Waals surface area (Å²) in [6.45, 7) is 1.97. The summed E-state index contributed by atoms with van der Waals surface area (Å²) in [4.78, 5) is 11.8. The maximum absolute atomic E-state index is 11.8. The Hall–Kier alpha value is -1.16. The van der Waals surface area contributed by atoms with Crippen LogP contribution in [0.4, 0.5) is 0 Å². The quantitative estimate of drug-likeness (QED) is 0.374. The fraction of sp³-hybridized carbons (Fsp3) is 0.333.